The van der Waals surface area contributed by atoms with Gasteiger partial charge in [-0.05, 0) is 0 Å². The Balaban J connectivity index is 0. The summed E-state index contributed by atoms with van der Waals surface area (Å²) in [6, 6.07) is 0. The van der Waals surface area contributed by atoms with Gasteiger partial charge in [-0.15, -0.1) is 0 Å². The molecule has 0 unspecified atom stereocenters. The molecular weight excluding hydrogens is 115 g/mol. The van der Waals surface area contributed by atoms with E-state index in [-0.39, 0.29) is 0 Å². The van der Waals surface area contributed by atoms with Crippen LogP contribution in [0.3, 0.4) is 0 Å². The van der Waals surface area contributed by atoms with Crippen molar-refractivity contribution in [1.29, 1.82) is 0 Å². The van der Waals surface area contributed by atoms with Crippen LogP contribution in [-0.4, -0.2) is 10.5 Å². The van der Waals surface area contributed by atoms with Gasteiger partial charge >= 0.3 is 0 Å². The first-order valence-corrected chi connectivity index (χ1v) is 1.59. The maximum atomic E-state index is 8.41. The van der Waals surface area contributed by atoms with Crippen molar-refractivity contribution in [2.75, 3.05) is 0 Å². The third-order valence-corrected chi connectivity index (χ3v) is 0. The zero-order chi connectivity index (χ0) is 5.58. The van der Waals surface area contributed by atoms with E-state index in [1.165, 1.54) is 0 Å². The highest BCUT2D eigenvalue weighted by atomic mass is 35.6. The van der Waals surface area contributed by atoms with Crippen LogP contribution in [-0.2, 0) is 0 Å². The standard InChI is InChI=1S/ClO3.H2O2/c2-1(3)4;1-2/h;1-2H/q-1;. The lowest BCUT2D eigenvalue weighted by Crippen LogP contribution is -2.42. The van der Waals surface area contributed by atoms with Crippen molar-refractivity contribution >= 4 is 0 Å². The van der Waals surface area contributed by atoms with E-state index >= 15 is 0 Å². The Morgan fingerprint density at radius 1 is 1.00 bits per heavy atom. The average Bonchev–Trinajstić information content (AvgIpc) is 1.41. The van der Waals surface area contributed by atoms with Gasteiger partial charge in [-0.25, -0.2) is 0 Å². The van der Waals surface area contributed by atoms with Gasteiger partial charge in [0.1, 0.15) is 0 Å². The van der Waals surface area contributed by atoms with Crippen LogP contribution in [0.5, 0.6) is 0 Å². The minimum atomic E-state index is -2.85. The van der Waals surface area contributed by atoms with Crippen molar-refractivity contribution in [1.82, 2.24) is 0 Å². The van der Waals surface area contributed by atoms with Crippen LogP contribution < -0.4 is 14.0 Å². The molecule has 0 aromatic carbocycles. The fourth-order valence-electron chi connectivity index (χ4n) is 0. The number of hydrogen-bond acceptors (Lipinski definition) is 5. The van der Waals surface area contributed by atoms with Crippen LogP contribution in [0.4, 0.5) is 0 Å². The summed E-state index contributed by atoms with van der Waals surface area (Å²) in [6.07, 6.45) is 0. The van der Waals surface area contributed by atoms with Crippen molar-refractivity contribution in [3.63, 3.8) is 0 Å². The summed E-state index contributed by atoms with van der Waals surface area (Å²) in [5.41, 5.74) is 0. The Hall–Kier alpha value is 0.0900. The lowest BCUT2D eigenvalue weighted by Gasteiger charge is -1.89. The summed E-state index contributed by atoms with van der Waals surface area (Å²) in [5, 5.41) is 12.0. The summed E-state index contributed by atoms with van der Waals surface area (Å²) in [7, 11) is -2.85. The minimum Gasteiger partial charge on any atom is -0.357 e. The second kappa shape index (κ2) is 8.92. The summed E-state index contributed by atoms with van der Waals surface area (Å²) in [6.45, 7) is 0. The van der Waals surface area contributed by atoms with Crippen LogP contribution in [0.25, 0.3) is 0 Å². The van der Waals surface area contributed by atoms with Gasteiger partial charge in [0.15, 0.2) is 0 Å². The summed E-state index contributed by atoms with van der Waals surface area (Å²) in [5.74, 6) is 0. The Morgan fingerprint density at radius 2 is 1.00 bits per heavy atom. The molecule has 0 saturated carbocycles. The fourth-order valence-corrected chi connectivity index (χ4v) is 0. The van der Waals surface area contributed by atoms with Gasteiger partial charge in [0.05, 0.1) is 10.8 Å². The second-order valence-electron chi connectivity index (χ2n) is 0.189. The highest BCUT2D eigenvalue weighted by Gasteiger charge is 1.60. The van der Waals surface area contributed by atoms with Crippen LogP contribution >= 0.6 is 0 Å². The molecule has 0 radical (unpaired) electrons. The highest BCUT2D eigenvalue weighted by molar-refractivity contribution is 1.82. The predicted octanol–water partition coefficient (Wildman–Crippen LogP) is -3.55. The Labute approximate surface area is 36.4 Å². The molecule has 6 heteroatoms. The van der Waals surface area contributed by atoms with Crippen molar-refractivity contribution < 1.29 is 35.3 Å². The SMILES string of the molecule is OO.[O-][Cl+2]([O-])[O-]. The van der Waals surface area contributed by atoms with Crippen molar-refractivity contribution in [2.24, 2.45) is 0 Å². The molecule has 0 aliphatic heterocycles. The van der Waals surface area contributed by atoms with Crippen LogP contribution in [0.2, 0.25) is 0 Å². The molecule has 0 saturated heterocycles. The molecule has 0 heterocycles. The van der Waals surface area contributed by atoms with Gasteiger partial charge in [0.25, 0.3) is 0 Å². The average molecular weight is 117 g/mol. The molecular formula is H2ClO5-. The topological polar surface area (TPSA) is 110 Å². The number of rotatable bonds is 0. The first kappa shape index (κ1) is 9.43. The molecule has 40 valence electrons. The molecule has 0 aliphatic carbocycles. The molecule has 0 amide bonds. The molecule has 6 heavy (non-hydrogen) atoms. The van der Waals surface area contributed by atoms with Gasteiger partial charge in [-0.1, -0.05) is 0 Å². The quantitative estimate of drug-likeness (QED) is 0.252. The summed E-state index contributed by atoms with van der Waals surface area (Å²) in [4.78, 5) is 0. The molecule has 0 bridgehead atoms. The fraction of sp³-hybridized carbons (Fsp3) is 0. The first-order valence-electron chi connectivity index (χ1n) is 0.663. The second-order valence-corrected chi connectivity index (χ2v) is 0.567. The number of halogens is 1. The Morgan fingerprint density at radius 3 is 1.00 bits per heavy atom. The number of hydrogen-bond donors (Lipinski definition) is 2. The molecule has 0 aromatic heterocycles. The van der Waals surface area contributed by atoms with Gasteiger partial charge in [-0.3, -0.25) is 10.5 Å². The third-order valence-electron chi connectivity index (χ3n) is 0. The van der Waals surface area contributed by atoms with E-state index in [0.29, 0.717) is 0 Å². The summed E-state index contributed by atoms with van der Waals surface area (Å²) < 4.78 is 25.2. The van der Waals surface area contributed by atoms with Crippen LogP contribution in [0.1, 0.15) is 0 Å². The summed E-state index contributed by atoms with van der Waals surface area (Å²) >= 11 is 0. The molecule has 0 rings (SSSR count). The smallest absolute Gasteiger partial charge is 0.0695 e. The van der Waals surface area contributed by atoms with E-state index in [9.17, 15) is 0 Å². The van der Waals surface area contributed by atoms with E-state index in [0.717, 1.165) is 0 Å². The zero-order valence-electron chi connectivity index (χ0n) is 2.50. The molecule has 0 aliphatic rings. The van der Waals surface area contributed by atoms with Gasteiger partial charge in [0.2, 0.25) is 0 Å². The monoisotopic (exact) mass is 117 g/mol. The van der Waals surface area contributed by atoms with Gasteiger partial charge in [-0.2, -0.15) is 0 Å². The normalized spacial score (nSPS) is 7.00. The van der Waals surface area contributed by atoms with Crippen LogP contribution in [0.15, 0.2) is 0 Å². The van der Waals surface area contributed by atoms with E-state index in [2.05, 4.69) is 0 Å². The lowest BCUT2D eigenvalue weighted by molar-refractivity contribution is -1.73. The van der Waals surface area contributed by atoms with Gasteiger partial charge < -0.3 is 14.0 Å². The molecule has 0 fully saturated rings. The maximum Gasteiger partial charge on any atom is 0.0695 e. The molecule has 0 spiro atoms. The van der Waals surface area contributed by atoms with Crippen LogP contribution in [0, 0.1) is 10.8 Å². The van der Waals surface area contributed by atoms with Crippen molar-refractivity contribution in [3.8, 4) is 0 Å². The van der Waals surface area contributed by atoms with E-state index in [1.807, 2.05) is 0 Å². The van der Waals surface area contributed by atoms with Gasteiger partial charge in [0, 0.05) is 0 Å². The third kappa shape index (κ3) is 4820. The van der Waals surface area contributed by atoms with Crippen molar-refractivity contribution in [2.45, 2.75) is 0 Å². The van der Waals surface area contributed by atoms with E-state index in [1.54, 1.807) is 0 Å². The highest BCUT2D eigenvalue weighted by Crippen LogP contribution is 1.24. The van der Waals surface area contributed by atoms with E-state index in [4.69, 9.17) is 24.5 Å². The zero-order valence-corrected chi connectivity index (χ0v) is 3.25. The van der Waals surface area contributed by atoms with Crippen molar-refractivity contribution in [3.05, 3.63) is 0 Å². The maximum absolute atomic E-state index is 8.41. The molecule has 0 atom stereocenters. The Kier molecular flexibility index (Phi) is 14.0. The van der Waals surface area contributed by atoms with E-state index < -0.39 is 10.8 Å². The Bertz CT molecular complexity index is 8.66. The molecule has 2 N–H and O–H groups in total. The predicted molar refractivity (Wildman–Crippen MR) is 5.26 cm³/mol. The first-order chi connectivity index (χ1) is 2.73. The molecule has 5 nitrogen and oxygen atoms in total. The largest absolute Gasteiger partial charge is 0.357 e. The lowest BCUT2D eigenvalue weighted by atomic mass is 15.0. The molecule has 0 aromatic rings. The minimum absolute atomic E-state index is 2.85.